The first-order valence-electron chi connectivity index (χ1n) is 6.23. The van der Waals surface area contributed by atoms with Crippen LogP contribution < -0.4 is 5.32 Å². The Morgan fingerprint density at radius 3 is 2.79 bits per heavy atom. The van der Waals surface area contributed by atoms with Crippen LogP contribution in [0.15, 0.2) is 22.7 Å². The van der Waals surface area contributed by atoms with Gasteiger partial charge >= 0.3 is 5.97 Å². The van der Waals surface area contributed by atoms with E-state index in [1.807, 2.05) is 6.07 Å². The van der Waals surface area contributed by atoms with E-state index in [0.717, 1.165) is 49.6 Å². The molecule has 0 radical (unpaired) electrons. The highest BCUT2D eigenvalue weighted by atomic mass is 79.9. The first-order valence-corrected chi connectivity index (χ1v) is 7.02. The Balaban J connectivity index is 1.86. The van der Waals surface area contributed by atoms with Gasteiger partial charge in [0.1, 0.15) is 0 Å². The summed E-state index contributed by atoms with van der Waals surface area (Å²) in [5.74, 6) is -0.919. The van der Waals surface area contributed by atoms with Crippen molar-refractivity contribution in [3.8, 4) is 0 Å². The first-order chi connectivity index (χ1) is 9.15. The molecular weight excluding hydrogens is 312 g/mol. The molecule has 0 unspecified atom stereocenters. The van der Waals surface area contributed by atoms with E-state index in [9.17, 15) is 4.79 Å². The van der Waals surface area contributed by atoms with Crippen molar-refractivity contribution < 1.29 is 14.6 Å². The van der Waals surface area contributed by atoms with Gasteiger partial charge in [0.25, 0.3) is 0 Å². The third-order valence-electron chi connectivity index (χ3n) is 3.01. The number of rotatable bonds is 5. The Morgan fingerprint density at radius 1 is 1.37 bits per heavy atom. The normalized spacial score (nSPS) is 16.3. The predicted octanol–water partition coefficient (Wildman–Crippen LogP) is 1.89. The van der Waals surface area contributed by atoms with Gasteiger partial charge in [-0.3, -0.25) is 4.90 Å². The fraction of sp³-hybridized carbons (Fsp3) is 0.462. The SMILES string of the molecule is O=C(O)c1cc(Br)cc(NCCN2CCOCC2)c1. The standard InChI is InChI=1S/C13H17BrN2O3/c14-11-7-10(13(17)18)8-12(9-11)15-1-2-16-3-5-19-6-4-16/h7-9,15H,1-6H2,(H,17,18). The van der Waals surface area contributed by atoms with Crippen molar-refractivity contribution in [2.75, 3.05) is 44.7 Å². The third kappa shape index (κ3) is 4.49. The summed E-state index contributed by atoms with van der Waals surface area (Å²) in [6.07, 6.45) is 0. The van der Waals surface area contributed by atoms with E-state index in [1.165, 1.54) is 0 Å². The van der Waals surface area contributed by atoms with Crippen LogP contribution in [0.25, 0.3) is 0 Å². The highest BCUT2D eigenvalue weighted by molar-refractivity contribution is 9.10. The number of hydrogen-bond donors (Lipinski definition) is 2. The molecule has 1 aliphatic heterocycles. The summed E-state index contributed by atoms with van der Waals surface area (Å²) < 4.78 is 6.05. The van der Waals surface area contributed by atoms with Gasteiger partial charge < -0.3 is 15.2 Å². The molecule has 0 spiro atoms. The van der Waals surface area contributed by atoms with Crippen LogP contribution in [0.1, 0.15) is 10.4 Å². The summed E-state index contributed by atoms with van der Waals surface area (Å²) in [5, 5.41) is 12.2. The number of carboxylic acids is 1. The van der Waals surface area contributed by atoms with Gasteiger partial charge in [-0.05, 0) is 18.2 Å². The number of morpholine rings is 1. The number of carbonyl (C=O) groups is 1. The summed E-state index contributed by atoms with van der Waals surface area (Å²) in [4.78, 5) is 13.3. The smallest absolute Gasteiger partial charge is 0.335 e. The summed E-state index contributed by atoms with van der Waals surface area (Å²) in [5.41, 5.74) is 1.10. The number of nitrogens with one attached hydrogen (secondary N) is 1. The lowest BCUT2D eigenvalue weighted by Crippen LogP contribution is -2.39. The molecule has 104 valence electrons. The van der Waals surface area contributed by atoms with Crippen LogP contribution in [0.5, 0.6) is 0 Å². The van der Waals surface area contributed by atoms with E-state index in [0.29, 0.717) is 0 Å². The Hall–Kier alpha value is -1.11. The van der Waals surface area contributed by atoms with Gasteiger partial charge in [0.05, 0.1) is 18.8 Å². The Morgan fingerprint density at radius 2 is 2.11 bits per heavy atom. The molecule has 0 saturated carbocycles. The van der Waals surface area contributed by atoms with Crippen LogP contribution in [-0.2, 0) is 4.74 Å². The van der Waals surface area contributed by atoms with Gasteiger partial charge in [-0.2, -0.15) is 0 Å². The highest BCUT2D eigenvalue weighted by Gasteiger charge is 2.10. The number of ether oxygens (including phenoxy) is 1. The lowest BCUT2D eigenvalue weighted by molar-refractivity contribution is 0.0398. The number of benzene rings is 1. The summed E-state index contributed by atoms with van der Waals surface area (Å²) in [6.45, 7) is 5.22. The van der Waals surface area contributed by atoms with Crippen molar-refractivity contribution in [3.05, 3.63) is 28.2 Å². The lowest BCUT2D eigenvalue weighted by Gasteiger charge is -2.26. The minimum Gasteiger partial charge on any atom is -0.478 e. The minimum atomic E-state index is -0.919. The quantitative estimate of drug-likeness (QED) is 0.864. The molecule has 1 saturated heterocycles. The monoisotopic (exact) mass is 328 g/mol. The molecule has 19 heavy (non-hydrogen) atoms. The van der Waals surface area contributed by atoms with Crippen LogP contribution in [0.4, 0.5) is 5.69 Å². The van der Waals surface area contributed by atoms with Crippen LogP contribution >= 0.6 is 15.9 Å². The van der Waals surface area contributed by atoms with Crippen molar-refractivity contribution in [2.24, 2.45) is 0 Å². The van der Waals surface area contributed by atoms with E-state index < -0.39 is 5.97 Å². The molecule has 2 rings (SSSR count). The molecule has 2 N–H and O–H groups in total. The van der Waals surface area contributed by atoms with Crippen molar-refractivity contribution >= 4 is 27.6 Å². The van der Waals surface area contributed by atoms with Gasteiger partial charge in [-0.1, -0.05) is 15.9 Å². The molecule has 6 heteroatoms. The summed E-state index contributed by atoms with van der Waals surface area (Å²) >= 11 is 3.32. The third-order valence-corrected chi connectivity index (χ3v) is 3.46. The van der Waals surface area contributed by atoms with Crippen LogP contribution in [0.2, 0.25) is 0 Å². The number of carboxylic acid groups (broad SMARTS) is 1. The van der Waals surface area contributed by atoms with E-state index in [1.54, 1.807) is 12.1 Å². The molecular formula is C13H17BrN2O3. The Kier molecular flexibility index (Phi) is 5.18. The number of anilines is 1. The molecule has 5 nitrogen and oxygen atoms in total. The van der Waals surface area contributed by atoms with E-state index in [-0.39, 0.29) is 5.56 Å². The number of hydrogen-bond acceptors (Lipinski definition) is 4. The maximum Gasteiger partial charge on any atom is 0.335 e. The second-order valence-electron chi connectivity index (χ2n) is 4.41. The largest absolute Gasteiger partial charge is 0.478 e. The number of aromatic carboxylic acids is 1. The van der Waals surface area contributed by atoms with Crippen molar-refractivity contribution in [3.63, 3.8) is 0 Å². The number of nitrogens with zero attached hydrogens (tertiary/aromatic N) is 1. The highest BCUT2D eigenvalue weighted by Crippen LogP contribution is 2.19. The molecule has 0 aliphatic carbocycles. The number of halogens is 1. The molecule has 1 aromatic carbocycles. The zero-order chi connectivity index (χ0) is 13.7. The second-order valence-corrected chi connectivity index (χ2v) is 5.33. The molecule has 1 fully saturated rings. The Labute approximate surface area is 120 Å². The van der Waals surface area contributed by atoms with Crippen LogP contribution in [0, 0.1) is 0 Å². The summed E-state index contributed by atoms with van der Waals surface area (Å²) in [7, 11) is 0. The zero-order valence-corrected chi connectivity index (χ0v) is 12.1. The Bertz CT molecular complexity index is 448. The van der Waals surface area contributed by atoms with Crippen molar-refractivity contribution in [1.82, 2.24) is 4.90 Å². The average molecular weight is 329 g/mol. The van der Waals surface area contributed by atoms with Gasteiger partial charge in [0.2, 0.25) is 0 Å². The first kappa shape index (κ1) is 14.3. The molecule has 0 bridgehead atoms. The van der Waals surface area contributed by atoms with Crippen molar-refractivity contribution in [1.29, 1.82) is 0 Å². The average Bonchev–Trinajstić information content (AvgIpc) is 2.39. The summed E-state index contributed by atoms with van der Waals surface area (Å²) in [6, 6.07) is 5.12. The fourth-order valence-electron chi connectivity index (χ4n) is 2.00. The van der Waals surface area contributed by atoms with Gasteiger partial charge in [-0.15, -0.1) is 0 Å². The zero-order valence-electron chi connectivity index (χ0n) is 10.6. The van der Waals surface area contributed by atoms with E-state index >= 15 is 0 Å². The molecule has 0 aromatic heterocycles. The minimum absolute atomic E-state index is 0.281. The fourth-order valence-corrected chi connectivity index (χ4v) is 2.49. The topological polar surface area (TPSA) is 61.8 Å². The van der Waals surface area contributed by atoms with Gasteiger partial charge in [0.15, 0.2) is 0 Å². The van der Waals surface area contributed by atoms with Crippen molar-refractivity contribution in [2.45, 2.75) is 0 Å². The second kappa shape index (κ2) is 6.88. The predicted molar refractivity (Wildman–Crippen MR) is 76.9 cm³/mol. The van der Waals surface area contributed by atoms with Crippen LogP contribution in [-0.4, -0.2) is 55.4 Å². The maximum atomic E-state index is 11.0. The molecule has 1 aromatic rings. The van der Waals surface area contributed by atoms with E-state index in [4.69, 9.17) is 9.84 Å². The molecule has 0 atom stereocenters. The van der Waals surface area contributed by atoms with E-state index in [2.05, 4.69) is 26.1 Å². The maximum absolute atomic E-state index is 11.0. The van der Waals surface area contributed by atoms with Gasteiger partial charge in [0, 0.05) is 36.3 Å². The molecule has 1 heterocycles. The lowest BCUT2D eigenvalue weighted by atomic mass is 10.2. The van der Waals surface area contributed by atoms with Crippen LogP contribution in [0.3, 0.4) is 0 Å². The van der Waals surface area contributed by atoms with Gasteiger partial charge in [-0.25, -0.2) is 4.79 Å². The molecule has 1 aliphatic rings. The molecule has 0 amide bonds.